The molecule has 13 heteroatoms. The van der Waals surface area contributed by atoms with Crippen LogP contribution in [-0.2, 0) is 39.8 Å². The number of hydrogen-bond donors (Lipinski definition) is 2. The number of fused-ring (bicyclic) bond motifs is 3. The molecule has 3 aromatic rings. The summed E-state index contributed by atoms with van der Waals surface area (Å²) in [6, 6.07) is 6.68. The Bertz CT molecular complexity index is 1570. The van der Waals surface area contributed by atoms with Crippen molar-refractivity contribution in [1.82, 2.24) is 19.4 Å². The fourth-order valence-corrected chi connectivity index (χ4v) is 5.97. The Labute approximate surface area is 237 Å². The largest absolute Gasteiger partial charge is 0.481 e. The van der Waals surface area contributed by atoms with E-state index in [2.05, 4.69) is 14.3 Å². The smallest absolute Gasteiger partial charge is 0.261 e. The molecule has 1 atom stereocenters. The first-order chi connectivity index (χ1) is 18.8. The number of halogens is 2. The number of anilines is 1. The summed E-state index contributed by atoms with van der Waals surface area (Å²) in [5.41, 5.74) is 1.18. The van der Waals surface area contributed by atoms with E-state index < -0.39 is 34.1 Å². The summed E-state index contributed by atoms with van der Waals surface area (Å²) in [7, 11) is -3.54. The van der Waals surface area contributed by atoms with E-state index in [0.717, 1.165) is 49.3 Å². The zero-order valence-corrected chi connectivity index (χ0v) is 24.0. The summed E-state index contributed by atoms with van der Waals surface area (Å²) in [4.78, 5) is 24.0. The highest BCUT2D eigenvalue weighted by Gasteiger charge is 2.39. The van der Waals surface area contributed by atoms with Gasteiger partial charge in [0, 0.05) is 31.5 Å². The maximum atomic E-state index is 15.7. The van der Waals surface area contributed by atoms with Crippen LogP contribution in [0, 0.1) is 5.82 Å². The standard InChI is InChI=1S/C27H31ClFN5O5S/c1-27(2,36)16-7-8-17(18(29)14-16)24-25-19(30-22-6-4-5-12-33(22)25)11-13-34(24)23(35)15-39-20-9-10-21(31-26(20)28)32-40(3,37)38/h7-10,14,24,36H,4-6,11-13,15H2,1-3H3,(H,31,32). The number of benzene rings is 1. The molecule has 0 aliphatic carbocycles. The maximum absolute atomic E-state index is 15.7. The summed E-state index contributed by atoms with van der Waals surface area (Å²) in [5.74, 6) is 0.156. The van der Waals surface area contributed by atoms with Crippen molar-refractivity contribution >= 4 is 33.3 Å². The normalized spacial score (nSPS) is 17.2. The van der Waals surface area contributed by atoms with Crippen LogP contribution in [0.25, 0.3) is 0 Å². The number of aryl methyl sites for hydroxylation is 1. The predicted octanol–water partition coefficient (Wildman–Crippen LogP) is 3.56. The number of carbonyl (C=O) groups excluding carboxylic acids is 1. The molecule has 1 unspecified atom stereocenters. The topological polar surface area (TPSA) is 127 Å². The Balaban J connectivity index is 1.46. The van der Waals surface area contributed by atoms with Crippen LogP contribution in [0.3, 0.4) is 0 Å². The third-order valence-corrected chi connectivity index (χ3v) is 7.98. The van der Waals surface area contributed by atoms with E-state index in [0.29, 0.717) is 24.1 Å². The first kappa shape index (κ1) is 28.3. The molecule has 10 nitrogen and oxygen atoms in total. The van der Waals surface area contributed by atoms with E-state index in [1.165, 1.54) is 18.2 Å². The third-order valence-electron chi connectivity index (χ3n) is 7.13. The molecular weight excluding hydrogens is 561 g/mol. The number of ether oxygens (including phenoxy) is 1. The monoisotopic (exact) mass is 591 g/mol. The first-order valence-electron chi connectivity index (χ1n) is 13.0. The molecular formula is C27H31ClFN5O5S. The molecule has 0 saturated carbocycles. The Kier molecular flexibility index (Phi) is 7.53. The van der Waals surface area contributed by atoms with Gasteiger partial charge in [-0.1, -0.05) is 23.7 Å². The van der Waals surface area contributed by atoms with Crippen molar-refractivity contribution in [1.29, 1.82) is 0 Å². The molecule has 2 N–H and O–H groups in total. The number of imidazole rings is 1. The lowest BCUT2D eigenvalue weighted by atomic mass is 9.91. The van der Waals surface area contributed by atoms with Gasteiger partial charge in [0.25, 0.3) is 5.91 Å². The molecule has 2 aliphatic rings. The van der Waals surface area contributed by atoms with Gasteiger partial charge in [0.1, 0.15) is 23.5 Å². The van der Waals surface area contributed by atoms with Gasteiger partial charge in [-0.25, -0.2) is 22.8 Å². The molecule has 214 valence electrons. The first-order valence-corrected chi connectivity index (χ1v) is 15.3. The molecule has 4 heterocycles. The second-order valence-electron chi connectivity index (χ2n) is 10.7. The molecule has 0 bridgehead atoms. The second-order valence-corrected chi connectivity index (χ2v) is 12.8. The number of carbonyl (C=O) groups is 1. The third kappa shape index (κ3) is 5.79. The Morgan fingerprint density at radius 2 is 1.98 bits per heavy atom. The Morgan fingerprint density at radius 1 is 1.20 bits per heavy atom. The minimum absolute atomic E-state index is 0.0188. The van der Waals surface area contributed by atoms with Crippen molar-refractivity contribution in [2.45, 2.75) is 57.7 Å². The number of nitrogens with zero attached hydrogens (tertiary/aromatic N) is 4. The lowest BCUT2D eigenvalue weighted by Crippen LogP contribution is -2.44. The van der Waals surface area contributed by atoms with Crippen LogP contribution in [0.2, 0.25) is 5.15 Å². The number of sulfonamides is 1. The van der Waals surface area contributed by atoms with E-state index >= 15 is 4.39 Å². The molecule has 0 radical (unpaired) electrons. The average Bonchev–Trinajstić information content (AvgIpc) is 3.25. The molecule has 0 spiro atoms. The van der Waals surface area contributed by atoms with Crippen molar-refractivity contribution in [3.05, 3.63) is 69.6 Å². The van der Waals surface area contributed by atoms with Crippen LogP contribution in [0.1, 0.15) is 61.1 Å². The number of amides is 1. The molecule has 40 heavy (non-hydrogen) atoms. The lowest BCUT2D eigenvalue weighted by molar-refractivity contribution is -0.135. The van der Waals surface area contributed by atoms with Gasteiger partial charge in [-0.2, -0.15) is 0 Å². The fourth-order valence-electron chi connectivity index (χ4n) is 5.27. The number of rotatable bonds is 7. The summed E-state index contributed by atoms with van der Waals surface area (Å²) in [6.45, 7) is 3.84. The highest BCUT2D eigenvalue weighted by Crippen LogP contribution is 2.39. The SMILES string of the molecule is CC(C)(O)c1ccc(C2c3c(nc4n3CCCC4)CCN2C(=O)COc2ccc(NS(C)(=O)=O)nc2Cl)c(F)c1. The summed E-state index contributed by atoms with van der Waals surface area (Å²) in [6.07, 6.45) is 4.33. The van der Waals surface area contributed by atoms with Gasteiger partial charge in [-0.05, 0) is 50.5 Å². The van der Waals surface area contributed by atoms with Crippen LogP contribution in [0.5, 0.6) is 5.75 Å². The van der Waals surface area contributed by atoms with E-state index in [1.54, 1.807) is 30.9 Å². The summed E-state index contributed by atoms with van der Waals surface area (Å²) >= 11 is 6.18. The maximum Gasteiger partial charge on any atom is 0.261 e. The van der Waals surface area contributed by atoms with Crippen LogP contribution >= 0.6 is 11.6 Å². The van der Waals surface area contributed by atoms with E-state index in [9.17, 15) is 18.3 Å². The van der Waals surface area contributed by atoms with E-state index in [-0.39, 0.29) is 22.6 Å². The van der Waals surface area contributed by atoms with Crippen LogP contribution in [-0.4, -0.2) is 58.3 Å². The van der Waals surface area contributed by atoms with Gasteiger partial charge >= 0.3 is 0 Å². The zero-order chi connectivity index (χ0) is 28.8. The van der Waals surface area contributed by atoms with Crippen molar-refractivity contribution in [3.63, 3.8) is 0 Å². The number of aliphatic hydroxyl groups is 1. The minimum atomic E-state index is -3.54. The molecule has 0 fully saturated rings. The lowest BCUT2D eigenvalue weighted by Gasteiger charge is -2.37. The Hall–Kier alpha value is -3.22. The summed E-state index contributed by atoms with van der Waals surface area (Å²) in [5, 5.41) is 10.3. The van der Waals surface area contributed by atoms with Crippen LogP contribution in [0.4, 0.5) is 10.2 Å². The van der Waals surface area contributed by atoms with Crippen molar-refractivity contribution in [2.75, 3.05) is 24.1 Å². The van der Waals surface area contributed by atoms with Crippen molar-refractivity contribution in [3.8, 4) is 5.75 Å². The number of pyridine rings is 1. The minimum Gasteiger partial charge on any atom is -0.481 e. The van der Waals surface area contributed by atoms with E-state index in [4.69, 9.17) is 21.3 Å². The van der Waals surface area contributed by atoms with Gasteiger partial charge in [-0.3, -0.25) is 9.52 Å². The van der Waals surface area contributed by atoms with Crippen molar-refractivity contribution in [2.24, 2.45) is 0 Å². The average molecular weight is 592 g/mol. The van der Waals surface area contributed by atoms with Gasteiger partial charge in [-0.15, -0.1) is 0 Å². The molecule has 1 aromatic carbocycles. The van der Waals surface area contributed by atoms with Crippen LogP contribution in [0.15, 0.2) is 30.3 Å². The molecule has 2 aromatic heterocycles. The van der Waals surface area contributed by atoms with Gasteiger partial charge in [0.05, 0.1) is 23.2 Å². The highest BCUT2D eigenvalue weighted by molar-refractivity contribution is 7.92. The second kappa shape index (κ2) is 10.6. The fraction of sp³-hybridized carbons (Fsp3) is 0.444. The Morgan fingerprint density at radius 3 is 2.65 bits per heavy atom. The highest BCUT2D eigenvalue weighted by atomic mass is 35.5. The number of nitrogens with one attached hydrogen (secondary N) is 1. The van der Waals surface area contributed by atoms with Crippen molar-refractivity contribution < 1.29 is 27.4 Å². The van der Waals surface area contributed by atoms with E-state index in [1.807, 2.05) is 0 Å². The number of hydrogen-bond acceptors (Lipinski definition) is 7. The molecule has 1 amide bonds. The number of aromatic nitrogens is 3. The van der Waals surface area contributed by atoms with Gasteiger partial charge in [0.2, 0.25) is 10.0 Å². The van der Waals surface area contributed by atoms with Crippen LogP contribution < -0.4 is 9.46 Å². The summed E-state index contributed by atoms with van der Waals surface area (Å²) < 4.78 is 48.7. The van der Waals surface area contributed by atoms with Gasteiger partial charge in [0.15, 0.2) is 17.5 Å². The van der Waals surface area contributed by atoms with Gasteiger partial charge < -0.3 is 19.3 Å². The predicted molar refractivity (Wildman–Crippen MR) is 147 cm³/mol. The molecule has 0 saturated heterocycles. The molecule has 5 rings (SSSR count). The molecule has 2 aliphatic heterocycles. The quantitative estimate of drug-likeness (QED) is 0.402. The zero-order valence-electron chi connectivity index (χ0n) is 22.4.